The van der Waals surface area contributed by atoms with Crippen LogP contribution in [0.4, 0.5) is 5.69 Å². The second-order valence-electron chi connectivity index (χ2n) is 3.80. The minimum Gasteiger partial charge on any atom is -0.480 e. The van der Waals surface area contributed by atoms with Gasteiger partial charge in [-0.1, -0.05) is 35.7 Å². The molecule has 0 saturated heterocycles. The highest BCUT2D eigenvalue weighted by Crippen LogP contribution is 2.27. The van der Waals surface area contributed by atoms with Crippen molar-refractivity contribution in [2.45, 2.75) is 32.2 Å². The van der Waals surface area contributed by atoms with Gasteiger partial charge in [0.25, 0.3) is 0 Å². The fraction of sp³-hybridized carbons (Fsp3) is 0.417. The number of anilines is 1. The average molecular weight is 365 g/mol. The number of rotatable bonds is 6. The van der Waals surface area contributed by atoms with Crippen LogP contribution >= 0.6 is 31.9 Å². The second-order valence-corrected chi connectivity index (χ2v) is 5.57. The molecule has 17 heavy (non-hydrogen) atoms. The van der Waals surface area contributed by atoms with Crippen LogP contribution in [0.5, 0.6) is 0 Å². The maximum absolute atomic E-state index is 11.1. The fourth-order valence-electron chi connectivity index (χ4n) is 1.46. The van der Waals surface area contributed by atoms with Gasteiger partial charge in [0.2, 0.25) is 0 Å². The van der Waals surface area contributed by atoms with Crippen molar-refractivity contribution in [1.82, 2.24) is 0 Å². The van der Waals surface area contributed by atoms with Crippen molar-refractivity contribution >= 4 is 43.5 Å². The fourth-order valence-corrected chi connectivity index (χ4v) is 2.62. The number of hydrogen-bond donors (Lipinski definition) is 2. The Morgan fingerprint density at radius 3 is 2.71 bits per heavy atom. The second kappa shape index (κ2) is 7.01. The molecule has 0 fully saturated rings. The Hall–Kier alpha value is -0.550. The summed E-state index contributed by atoms with van der Waals surface area (Å²) in [6, 6.07) is 5.09. The van der Waals surface area contributed by atoms with E-state index in [0.29, 0.717) is 6.42 Å². The lowest BCUT2D eigenvalue weighted by molar-refractivity contribution is -0.138. The van der Waals surface area contributed by atoms with Gasteiger partial charge in [0.05, 0.1) is 0 Å². The third-order valence-corrected chi connectivity index (χ3v) is 3.55. The molecule has 1 atom stereocenters. The highest BCUT2D eigenvalue weighted by atomic mass is 79.9. The summed E-state index contributed by atoms with van der Waals surface area (Å²) in [6.07, 6.45) is 2.53. The zero-order valence-electron chi connectivity index (χ0n) is 9.54. The van der Waals surface area contributed by atoms with Gasteiger partial charge >= 0.3 is 5.97 Å². The van der Waals surface area contributed by atoms with Crippen LogP contribution in [-0.4, -0.2) is 17.1 Å². The SMILES string of the molecule is CCCCC(Nc1ccc(Br)cc1Br)C(=O)O. The summed E-state index contributed by atoms with van der Waals surface area (Å²) in [5.41, 5.74) is 0.803. The summed E-state index contributed by atoms with van der Waals surface area (Å²) in [6.45, 7) is 2.05. The number of carboxylic acids is 1. The molecule has 0 aliphatic heterocycles. The number of halogens is 2. The predicted octanol–water partition coefficient (Wildman–Crippen LogP) is 4.27. The molecule has 1 rings (SSSR count). The van der Waals surface area contributed by atoms with Crippen molar-refractivity contribution in [2.24, 2.45) is 0 Å². The van der Waals surface area contributed by atoms with E-state index in [1.165, 1.54) is 0 Å². The summed E-state index contributed by atoms with van der Waals surface area (Å²) in [5.74, 6) is -0.812. The number of nitrogens with one attached hydrogen (secondary N) is 1. The van der Waals surface area contributed by atoms with E-state index in [2.05, 4.69) is 44.1 Å². The first-order valence-electron chi connectivity index (χ1n) is 5.49. The Kier molecular flexibility index (Phi) is 5.98. The summed E-state index contributed by atoms with van der Waals surface area (Å²) >= 11 is 6.77. The third kappa shape index (κ3) is 4.68. The number of benzene rings is 1. The summed E-state index contributed by atoms with van der Waals surface area (Å²) in [5, 5.41) is 12.2. The minimum atomic E-state index is -0.812. The van der Waals surface area contributed by atoms with Crippen molar-refractivity contribution in [2.75, 3.05) is 5.32 Å². The molecule has 0 aliphatic rings. The van der Waals surface area contributed by atoms with Gasteiger partial charge in [-0.25, -0.2) is 4.79 Å². The Bertz CT molecular complexity index is 396. The van der Waals surface area contributed by atoms with Crippen LogP contribution in [0, 0.1) is 0 Å². The number of hydrogen-bond acceptors (Lipinski definition) is 2. The standard InChI is InChI=1S/C12H15Br2NO2/c1-2-3-4-11(12(16)17)15-10-6-5-8(13)7-9(10)14/h5-7,11,15H,2-4H2,1H3,(H,16,17). The van der Waals surface area contributed by atoms with E-state index in [0.717, 1.165) is 27.5 Å². The molecule has 2 N–H and O–H groups in total. The molecule has 1 unspecified atom stereocenters. The summed E-state index contributed by atoms with van der Waals surface area (Å²) < 4.78 is 1.81. The maximum Gasteiger partial charge on any atom is 0.326 e. The molecule has 1 aromatic rings. The lowest BCUT2D eigenvalue weighted by atomic mass is 10.1. The maximum atomic E-state index is 11.1. The Labute approximate surface area is 118 Å². The first-order valence-corrected chi connectivity index (χ1v) is 7.07. The van der Waals surface area contributed by atoms with Crippen LogP contribution in [0.25, 0.3) is 0 Å². The highest BCUT2D eigenvalue weighted by molar-refractivity contribution is 9.11. The van der Waals surface area contributed by atoms with Crippen molar-refractivity contribution in [3.8, 4) is 0 Å². The van der Waals surface area contributed by atoms with Crippen molar-refractivity contribution < 1.29 is 9.90 Å². The number of aliphatic carboxylic acids is 1. The van der Waals surface area contributed by atoms with Crippen molar-refractivity contribution in [1.29, 1.82) is 0 Å². The first-order chi connectivity index (χ1) is 8.04. The number of carbonyl (C=O) groups is 1. The van der Waals surface area contributed by atoms with Gasteiger partial charge in [-0.15, -0.1) is 0 Å². The largest absolute Gasteiger partial charge is 0.480 e. The van der Waals surface area contributed by atoms with Gasteiger partial charge in [0.15, 0.2) is 0 Å². The lowest BCUT2D eigenvalue weighted by Crippen LogP contribution is -2.29. The molecule has 0 aliphatic carbocycles. The highest BCUT2D eigenvalue weighted by Gasteiger charge is 2.17. The molecule has 0 radical (unpaired) electrons. The Morgan fingerprint density at radius 1 is 1.47 bits per heavy atom. The van der Waals surface area contributed by atoms with E-state index in [9.17, 15) is 4.79 Å². The van der Waals surface area contributed by atoms with E-state index < -0.39 is 12.0 Å². The smallest absolute Gasteiger partial charge is 0.326 e. The van der Waals surface area contributed by atoms with Gasteiger partial charge in [-0.3, -0.25) is 0 Å². The first kappa shape index (κ1) is 14.5. The van der Waals surface area contributed by atoms with Gasteiger partial charge in [0.1, 0.15) is 6.04 Å². The molecule has 5 heteroatoms. The molecular formula is C12H15Br2NO2. The van der Waals surface area contributed by atoms with Gasteiger partial charge in [-0.2, -0.15) is 0 Å². The summed E-state index contributed by atoms with van der Waals surface area (Å²) in [7, 11) is 0. The third-order valence-electron chi connectivity index (χ3n) is 2.41. The van der Waals surface area contributed by atoms with E-state index in [4.69, 9.17) is 5.11 Å². The van der Waals surface area contributed by atoms with Crippen LogP contribution in [-0.2, 0) is 4.79 Å². The predicted molar refractivity (Wildman–Crippen MR) is 76.4 cm³/mol. The number of unbranched alkanes of at least 4 members (excludes halogenated alkanes) is 1. The molecule has 0 aromatic heterocycles. The molecule has 0 heterocycles. The molecule has 3 nitrogen and oxygen atoms in total. The van der Waals surface area contributed by atoms with Gasteiger partial charge < -0.3 is 10.4 Å². The molecule has 1 aromatic carbocycles. The average Bonchev–Trinajstić information content (AvgIpc) is 2.26. The van der Waals surface area contributed by atoms with Gasteiger partial charge in [-0.05, 0) is 40.5 Å². The van der Waals surface area contributed by atoms with Crippen LogP contribution in [0.15, 0.2) is 27.1 Å². The van der Waals surface area contributed by atoms with Crippen LogP contribution in [0.1, 0.15) is 26.2 Å². The Balaban J connectivity index is 2.75. The van der Waals surface area contributed by atoms with Crippen molar-refractivity contribution in [3.05, 3.63) is 27.1 Å². The van der Waals surface area contributed by atoms with Gasteiger partial charge in [0, 0.05) is 14.6 Å². The minimum absolute atomic E-state index is 0.535. The topological polar surface area (TPSA) is 49.3 Å². The van der Waals surface area contributed by atoms with E-state index in [1.54, 1.807) is 0 Å². The van der Waals surface area contributed by atoms with E-state index >= 15 is 0 Å². The van der Waals surface area contributed by atoms with Crippen LogP contribution < -0.4 is 5.32 Å². The zero-order chi connectivity index (χ0) is 12.8. The van der Waals surface area contributed by atoms with E-state index in [-0.39, 0.29) is 0 Å². The molecule has 0 amide bonds. The number of carboxylic acid groups (broad SMARTS) is 1. The quantitative estimate of drug-likeness (QED) is 0.792. The van der Waals surface area contributed by atoms with Crippen molar-refractivity contribution in [3.63, 3.8) is 0 Å². The molecular weight excluding hydrogens is 350 g/mol. The molecule has 0 bridgehead atoms. The van der Waals surface area contributed by atoms with Crippen LogP contribution in [0.2, 0.25) is 0 Å². The zero-order valence-corrected chi connectivity index (χ0v) is 12.7. The van der Waals surface area contributed by atoms with E-state index in [1.807, 2.05) is 18.2 Å². The normalized spacial score (nSPS) is 12.2. The molecule has 0 spiro atoms. The van der Waals surface area contributed by atoms with Crippen LogP contribution in [0.3, 0.4) is 0 Å². The summed E-state index contributed by atoms with van der Waals surface area (Å²) in [4.78, 5) is 11.1. The Morgan fingerprint density at radius 2 is 2.18 bits per heavy atom. The molecule has 0 saturated carbocycles. The lowest BCUT2D eigenvalue weighted by Gasteiger charge is -2.16. The molecule has 94 valence electrons. The monoisotopic (exact) mass is 363 g/mol.